The Bertz CT molecular complexity index is 1400. The number of anilines is 1. The lowest BCUT2D eigenvalue weighted by molar-refractivity contribution is -0.150. The fourth-order valence-corrected chi connectivity index (χ4v) is 9.39. The zero-order valence-corrected chi connectivity index (χ0v) is 25.2. The zero-order chi connectivity index (χ0) is 29.6. The molecule has 1 unspecified atom stereocenters. The quantitative estimate of drug-likeness (QED) is 0.370. The van der Waals surface area contributed by atoms with Crippen LogP contribution < -0.4 is 4.90 Å². The fraction of sp³-hybridized carbons (Fsp3) is 0.583. The molecule has 1 aromatic carbocycles. The molecule has 0 aromatic heterocycles. The second kappa shape index (κ2) is 11.2. The number of hydrogen-bond donors (Lipinski definition) is 1. The van der Waals surface area contributed by atoms with E-state index in [0.29, 0.717) is 12.8 Å². The van der Waals surface area contributed by atoms with E-state index in [9.17, 15) is 19.5 Å². The number of carbonyl (C=O) groups is 3. The number of carbonyl (C=O) groups excluding carboxylic acids is 3. The van der Waals surface area contributed by atoms with E-state index >= 15 is 0 Å². The smallest absolute Gasteiger partial charge is 0.303 e. The van der Waals surface area contributed by atoms with Gasteiger partial charge in [-0.3, -0.25) is 14.4 Å². The van der Waals surface area contributed by atoms with Crippen LogP contribution in [0.25, 0.3) is 0 Å². The van der Waals surface area contributed by atoms with Gasteiger partial charge in [0, 0.05) is 38.0 Å². The minimum Gasteiger partial charge on any atom is -0.458 e. The molecule has 222 valence electrons. The molecule has 6 rings (SSSR count). The first-order valence-corrected chi connectivity index (χ1v) is 15.8. The van der Waals surface area contributed by atoms with E-state index in [1.807, 2.05) is 6.08 Å². The second-order valence-corrected chi connectivity index (χ2v) is 13.4. The normalized spacial score (nSPS) is 33.7. The van der Waals surface area contributed by atoms with Crippen molar-refractivity contribution in [1.29, 1.82) is 0 Å². The largest absolute Gasteiger partial charge is 0.458 e. The van der Waals surface area contributed by atoms with Gasteiger partial charge < -0.3 is 14.7 Å². The van der Waals surface area contributed by atoms with E-state index in [2.05, 4.69) is 54.9 Å². The van der Waals surface area contributed by atoms with Gasteiger partial charge in [-0.2, -0.15) is 0 Å². The van der Waals surface area contributed by atoms with E-state index in [4.69, 9.17) is 4.74 Å². The molecule has 1 aromatic rings. The predicted molar refractivity (Wildman–Crippen MR) is 162 cm³/mol. The summed E-state index contributed by atoms with van der Waals surface area (Å²) in [6.07, 6.45) is 8.84. The topological polar surface area (TPSA) is 83.9 Å². The predicted octanol–water partition coefficient (Wildman–Crippen LogP) is 5.55. The fourth-order valence-electron chi connectivity index (χ4n) is 9.39. The highest BCUT2D eigenvalue weighted by molar-refractivity contribution is 5.93. The van der Waals surface area contributed by atoms with Crippen molar-refractivity contribution in [2.45, 2.75) is 78.1 Å². The molecular weight excluding hydrogens is 526 g/mol. The van der Waals surface area contributed by atoms with Crippen molar-refractivity contribution in [2.24, 2.45) is 28.6 Å². The van der Waals surface area contributed by atoms with Gasteiger partial charge in [0.2, 0.25) is 0 Å². The Balaban J connectivity index is 1.49. The lowest BCUT2D eigenvalue weighted by atomic mass is 9.47. The summed E-state index contributed by atoms with van der Waals surface area (Å²) in [7, 11) is 0. The number of Topliss-reactive ketones (excluding diaryl/α,β-unsaturated/α-hetero) is 1. The Labute approximate surface area is 249 Å². The molecule has 5 aliphatic rings. The zero-order valence-electron chi connectivity index (χ0n) is 25.2. The molecule has 1 aliphatic heterocycles. The van der Waals surface area contributed by atoms with Gasteiger partial charge in [-0.15, -0.1) is 0 Å². The maximum atomic E-state index is 14.0. The summed E-state index contributed by atoms with van der Waals surface area (Å²) in [5.41, 5.74) is 5.11. The van der Waals surface area contributed by atoms with Crippen LogP contribution in [0.2, 0.25) is 0 Å². The number of ketones is 2. The number of esters is 1. The number of hydrogen-bond acceptors (Lipinski definition) is 6. The molecule has 2 saturated carbocycles. The number of aliphatic hydroxyl groups excluding tert-OH is 1. The third-order valence-electron chi connectivity index (χ3n) is 11.3. The van der Waals surface area contributed by atoms with Crippen molar-refractivity contribution < 1.29 is 24.2 Å². The molecule has 0 radical (unpaired) electrons. The van der Waals surface area contributed by atoms with E-state index in [-0.39, 0.29) is 48.5 Å². The van der Waals surface area contributed by atoms with Gasteiger partial charge in [-0.1, -0.05) is 43.4 Å². The number of aliphatic hydroxyl groups is 1. The molecule has 3 fully saturated rings. The van der Waals surface area contributed by atoms with E-state index in [0.717, 1.165) is 38.8 Å². The summed E-state index contributed by atoms with van der Waals surface area (Å²) in [5, 5.41) is 9.72. The molecule has 4 aliphatic carbocycles. The second-order valence-electron chi connectivity index (χ2n) is 13.4. The van der Waals surface area contributed by atoms with E-state index in [1.165, 1.54) is 47.7 Å². The molecule has 0 amide bonds. The molecule has 0 bridgehead atoms. The maximum absolute atomic E-state index is 14.0. The van der Waals surface area contributed by atoms with Crippen LogP contribution in [0, 0.1) is 40.4 Å². The van der Waals surface area contributed by atoms with Gasteiger partial charge in [0.25, 0.3) is 0 Å². The van der Waals surface area contributed by atoms with Crippen molar-refractivity contribution in [2.75, 3.05) is 31.2 Å². The minimum absolute atomic E-state index is 0.0953. The van der Waals surface area contributed by atoms with Crippen molar-refractivity contribution in [3.05, 3.63) is 52.6 Å². The van der Waals surface area contributed by atoms with Crippen LogP contribution in [0.4, 0.5) is 5.69 Å². The lowest BCUT2D eigenvalue weighted by Crippen LogP contribution is -2.52. The molecule has 0 spiro atoms. The Morgan fingerprint density at radius 2 is 1.88 bits per heavy atom. The van der Waals surface area contributed by atoms with Gasteiger partial charge in [-0.05, 0) is 103 Å². The van der Waals surface area contributed by atoms with Gasteiger partial charge in [0.05, 0.1) is 5.41 Å². The third-order valence-corrected chi connectivity index (χ3v) is 11.3. The van der Waals surface area contributed by atoms with Crippen LogP contribution in [0.1, 0.15) is 83.6 Å². The monoisotopic (exact) mass is 569 g/mol. The standard InChI is InChI=1S/C36H43NO5/c1-23-19-30-32-13-15-36(14-6-18-38,33(41)22-42-24(2)39)35(32,3)21-31(34(30)28-12-11-27(40)20-29(23)28)25-7-9-26(10-8-25)37-16-4-5-17-37/h7-10,20,23,30-32,38H,4-5,11-13,15-19,21-22H2,1-3H3/t23?,30-,31+,32-,35-,36+/m0/s1. The summed E-state index contributed by atoms with van der Waals surface area (Å²) >= 11 is 0. The number of rotatable bonds is 5. The molecule has 6 heteroatoms. The highest BCUT2D eigenvalue weighted by Gasteiger charge is 2.66. The number of allylic oxidation sites excluding steroid dienone is 4. The summed E-state index contributed by atoms with van der Waals surface area (Å²) in [6, 6.07) is 9.06. The number of ether oxygens (including phenoxy) is 1. The van der Waals surface area contributed by atoms with Crippen molar-refractivity contribution in [1.82, 2.24) is 0 Å². The Morgan fingerprint density at radius 1 is 1.14 bits per heavy atom. The van der Waals surface area contributed by atoms with Crippen molar-refractivity contribution >= 4 is 23.2 Å². The molecule has 1 heterocycles. The van der Waals surface area contributed by atoms with Gasteiger partial charge in [0.15, 0.2) is 18.2 Å². The SMILES string of the molecule is CC(=O)OCC(=O)[C@@]1(C#CCO)CC[C@H]2[C@@H]3CC(C)C4=CC(=O)CCC4=C3[C@@H](c3ccc(N4CCCC4)cc3)C[C@@]21C. The molecule has 6 atom stereocenters. The lowest BCUT2D eigenvalue weighted by Gasteiger charge is -2.55. The summed E-state index contributed by atoms with van der Waals surface area (Å²) in [5.74, 6) is 6.60. The third kappa shape index (κ3) is 4.65. The van der Waals surface area contributed by atoms with Gasteiger partial charge in [-0.25, -0.2) is 0 Å². The van der Waals surface area contributed by atoms with Crippen LogP contribution in [-0.2, 0) is 19.1 Å². The van der Waals surface area contributed by atoms with Gasteiger partial charge >= 0.3 is 5.97 Å². The van der Waals surface area contributed by atoms with E-state index in [1.54, 1.807) is 0 Å². The van der Waals surface area contributed by atoms with Crippen LogP contribution in [0.3, 0.4) is 0 Å². The van der Waals surface area contributed by atoms with Crippen molar-refractivity contribution in [3.63, 3.8) is 0 Å². The molecule has 42 heavy (non-hydrogen) atoms. The summed E-state index contributed by atoms with van der Waals surface area (Å²) in [4.78, 5) is 40.7. The highest BCUT2D eigenvalue weighted by atomic mass is 16.5. The highest BCUT2D eigenvalue weighted by Crippen LogP contribution is 2.70. The maximum Gasteiger partial charge on any atom is 0.303 e. The summed E-state index contributed by atoms with van der Waals surface area (Å²) in [6.45, 7) is 7.37. The first-order chi connectivity index (χ1) is 20.2. The van der Waals surface area contributed by atoms with Crippen LogP contribution >= 0.6 is 0 Å². The number of fused-ring (bicyclic) bond motifs is 4. The Hall–Kier alpha value is -3.17. The Kier molecular flexibility index (Phi) is 7.68. The van der Waals surface area contributed by atoms with E-state index < -0.39 is 16.8 Å². The van der Waals surface area contributed by atoms with Crippen molar-refractivity contribution in [3.8, 4) is 11.8 Å². The summed E-state index contributed by atoms with van der Waals surface area (Å²) < 4.78 is 5.25. The van der Waals surface area contributed by atoms with Crippen LogP contribution in [0.5, 0.6) is 0 Å². The van der Waals surface area contributed by atoms with Gasteiger partial charge in [0.1, 0.15) is 6.61 Å². The minimum atomic E-state index is -0.998. The van der Waals surface area contributed by atoms with Crippen LogP contribution in [0.15, 0.2) is 47.1 Å². The first-order valence-electron chi connectivity index (χ1n) is 15.8. The number of nitrogens with zero attached hydrogens (tertiary/aromatic N) is 1. The average molecular weight is 570 g/mol. The average Bonchev–Trinajstić information content (AvgIpc) is 3.62. The molecule has 1 saturated heterocycles. The molecule has 1 N–H and O–H groups in total. The first kappa shape index (κ1) is 28.9. The Morgan fingerprint density at radius 3 is 2.57 bits per heavy atom. The van der Waals surface area contributed by atoms with Crippen LogP contribution in [-0.4, -0.2) is 48.9 Å². The molecular formula is C36H43NO5. The number of benzene rings is 1. The molecule has 6 nitrogen and oxygen atoms in total.